The average Bonchev–Trinajstić information content (AvgIpc) is 2.97. The van der Waals surface area contributed by atoms with E-state index in [1.165, 1.54) is 6.08 Å². The van der Waals surface area contributed by atoms with Crippen LogP contribution in [0.4, 0.5) is 0 Å². The van der Waals surface area contributed by atoms with Gasteiger partial charge in [0.2, 0.25) is 11.8 Å². The molecule has 1 amide bonds. The Morgan fingerprint density at radius 3 is 3.00 bits per heavy atom. The third-order valence-electron chi connectivity index (χ3n) is 3.69. The third-order valence-corrected chi connectivity index (χ3v) is 3.69. The number of rotatable bonds is 3. The molecule has 0 aromatic carbocycles. The number of piperidine rings is 1. The Morgan fingerprint density at radius 1 is 1.55 bits per heavy atom. The monoisotopic (exact) mass is 297 g/mol. The van der Waals surface area contributed by atoms with Crippen molar-refractivity contribution >= 4 is 17.1 Å². The van der Waals surface area contributed by atoms with Crippen LogP contribution in [0.1, 0.15) is 18.4 Å². The van der Waals surface area contributed by atoms with E-state index < -0.39 is 0 Å². The van der Waals surface area contributed by atoms with E-state index in [0.29, 0.717) is 35.7 Å². The molecule has 0 atom stereocenters. The third kappa shape index (κ3) is 2.63. The molecule has 1 aliphatic heterocycles. The minimum atomic E-state index is -0.0503. The molecule has 22 heavy (non-hydrogen) atoms. The number of amides is 1. The van der Waals surface area contributed by atoms with E-state index in [1.807, 2.05) is 0 Å². The first-order valence-corrected chi connectivity index (χ1v) is 7.03. The van der Waals surface area contributed by atoms with Crippen molar-refractivity contribution in [1.29, 1.82) is 5.26 Å². The summed E-state index contributed by atoms with van der Waals surface area (Å²) < 4.78 is 5.83. The van der Waals surface area contributed by atoms with Crippen molar-refractivity contribution in [2.45, 2.75) is 18.9 Å². The van der Waals surface area contributed by atoms with Crippen molar-refractivity contribution in [2.75, 3.05) is 13.1 Å². The number of likely N-dealkylation sites (tertiary alicyclic amines) is 1. The van der Waals surface area contributed by atoms with Crippen LogP contribution in [-0.4, -0.2) is 45.0 Å². The van der Waals surface area contributed by atoms with Crippen LogP contribution < -0.4 is 4.74 Å². The molecule has 7 nitrogen and oxygen atoms in total. The first-order chi connectivity index (χ1) is 10.7. The number of ether oxygens (including phenoxy) is 1. The fraction of sp³-hybridized carbons (Fsp3) is 0.333. The van der Waals surface area contributed by atoms with E-state index in [-0.39, 0.29) is 12.0 Å². The molecule has 0 radical (unpaired) electrons. The van der Waals surface area contributed by atoms with Gasteiger partial charge in [0.25, 0.3) is 0 Å². The van der Waals surface area contributed by atoms with Gasteiger partial charge in [0.1, 0.15) is 17.7 Å². The molecule has 1 aliphatic rings. The van der Waals surface area contributed by atoms with Crippen LogP contribution in [0.2, 0.25) is 0 Å². The van der Waals surface area contributed by atoms with E-state index in [1.54, 1.807) is 17.3 Å². The Balaban J connectivity index is 1.68. The van der Waals surface area contributed by atoms with Crippen molar-refractivity contribution in [3.63, 3.8) is 0 Å². The standard InChI is InChI=1S/C15H15N5O2/c1-2-13(21)20-5-3-11(4-6-20)22-12-9-18-15-14(19-12)10(7-16)8-17-15/h2,8-9,11H,1,3-6H2,(H,17,18). The molecule has 0 unspecified atom stereocenters. The maximum atomic E-state index is 11.5. The van der Waals surface area contributed by atoms with E-state index in [9.17, 15) is 4.79 Å². The Morgan fingerprint density at radius 2 is 2.32 bits per heavy atom. The fourth-order valence-electron chi connectivity index (χ4n) is 2.51. The fourth-order valence-corrected chi connectivity index (χ4v) is 2.51. The molecule has 3 rings (SSSR count). The topological polar surface area (TPSA) is 94.9 Å². The summed E-state index contributed by atoms with van der Waals surface area (Å²) in [6, 6.07) is 2.06. The molecule has 1 fully saturated rings. The number of H-pyrrole nitrogens is 1. The number of carbonyl (C=O) groups is 1. The highest BCUT2D eigenvalue weighted by molar-refractivity contribution is 5.87. The number of hydrogen-bond acceptors (Lipinski definition) is 5. The van der Waals surface area contributed by atoms with Crippen molar-refractivity contribution < 1.29 is 9.53 Å². The molecule has 1 saturated heterocycles. The first-order valence-electron chi connectivity index (χ1n) is 7.03. The number of nitriles is 1. The molecule has 112 valence electrons. The molecule has 2 aromatic heterocycles. The van der Waals surface area contributed by atoms with Gasteiger partial charge in [-0.2, -0.15) is 5.26 Å². The number of aromatic nitrogens is 3. The molecule has 3 heterocycles. The van der Waals surface area contributed by atoms with Gasteiger partial charge in [-0.1, -0.05) is 6.58 Å². The molecular weight excluding hydrogens is 282 g/mol. The van der Waals surface area contributed by atoms with Gasteiger partial charge in [-0.3, -0.25) is 4.79 Å². The molecule has 1 N–H and O–H groups in total. The average molecular weight is 297 g/mol. The largest absolute Gasteiger partial charge is 0.473 e. The van der Waals surface area contributed by atoms with Crippen molar-refractivity contribution in [1.82, 2.24) is 19.9 Å². The first kappa shape index (κ1) is 14.1. The molecule has 7 heteroatoms. The lowest BCUT2D eigenvalue weighted by Gasteiger charge is -2.31. The van der Waals surface area contributed by atoms with Gasteiger partial charge in [-0.05, 0) is 6.08 Å². The van der Waals surface area contributed by atoms with Gasteiger partial charge >= 0.3 is 0 Å². The molecule has 0 spiro atoms. The summed E-state index contributed by atoms with van der Waals surface area (Å²) in [7, 11) is 0. The van der Waals surface area contributed by atoms with E-state index in [2.05, 4.69) is 27.6 Å². The predicted molar refractivity (Wildman–Crippen MR) is 79.0 cm³/mol. The van der Waals surface area contributed by atoms with Gasteiger partial charge in [0.15, 0.2) is 5.65 Å². The Labute approximate surface area is 127 Å². The minimum absolute atomic E-state index is 0.00917. The second kappa shape index (κ2) is 5.85. The second-order valence-electron chi connectivity index (χ2n) is 5.07. The molecular formula is C15H15N5O2. The Bertz CT molecular complexity index is 753. The van der Waals surface area contributed by atoms with Crippen LogP contribution in [0, 0.1) is 11.3 Å². The number of carbonyl (C=O) groups excluding carboxylic acids is 1. The number of fused-ring (bicyclic) bond motifs is 1. The summed E-state index contributed by atoms with van der Waals surface area (Å²) in [5.41, 5.74) is 1.52. The highest BCUT2D eigenvalue weighted by atomic mass is 16.5. The van der Waals surface area contributed by atoms with Crippen molar-refractivity contribution in [3.8, 4) is 11.9 Å². The van der Waals surface area contributed by atoms with Gasteiger partial charge < -0.3 is 14.6 Å². The molecule has 0 saturated carbocycles. The highest BCUT2D eigenvalue weighted by Crippen LogP contribution is 2.20. The number of nitrogens with zero attached hydrogens (tertiary/aromatic N) is 4. The number of hydrogen-bond donors (Lipinski definition) is 1. The Hall–Kier alpha value is -2.88. The normalized spacial score (nSPS) is 15.5. The van der Waals surface area contributed by atoms with Crippen LogP contribution in [-0.2, 0) is 4.79 Å². The zero-order chi connectivity index (χ0) is 15.5. The maximum Gasteiger partial charge on any atom is 0.245 e. The summed E-state index contributed by atoms with van der Waals surface area (Å²) in [4.78, 5) is 24.7. The highest BCUT2D eigenvalue weighted by Gasteiger charge is 2.23. The molecule has 2 aromatic rings. The van der Waals surface area contributed by atoms with Crippen LogP contribution in [0.25, 0.3) is 11.2 Å². The summed E-state index contributed by atoms with van der Waals surface area (Å²) in [6.45, 7) is 4.77. The van der Waals surface area contributed by atoms with Crippen LogP contribution in [0.3, 0.4) is 0 Å². The van der Waals surface area contributed by atoms with Gasteiger partial charge in [0.05, 0.1) is 11.8 Å². The summed E-state index contributed by atoms with van der Waals surface area (Å²) in [5.74, 6) is 0.350. The lowest BCUT2D eigenvalue weighted by molar-refractivity contribution is -0.127. The zero-order valence-corrected chi connectivity index (χ0v) is 12.0. The van der Waals surface area contributed by atoms with Gasteiger partial charge in [-0.25, -0.2) is 9.97 Å². The quantitative estimate of drug-likeness (QED) is 0.864. The van der Waals surface area contributed by atoms with Crippen molar-refractivity contribution in [2.24, 2.45) is 0 Å². The van der Waals surface area contributed by atoms with E-state index >= 15 is 0 Å². The SMILES string of the molecule is C=CC(=O)N1CCC(Oc2cnc3[nH]cc(C#N)c3n2)CC1. The number of nitrogens with one attached hydrogen (secondary N) is 1. The Kier molecular flexibility index (Phi) is 3.74. The van der Waals surface area contributed by atoms with Crippen LogP contribution in [0.5, 0.6) is 5.88 Å². The predicted octanol–water partition coefficient (Wildman–Crippen LogP) is 1.39. The number of aromatic amines is 1. The lowest BCUT2D eigenvalue weighted by atomic mass is 10.1. The van der Waals surface area contributed by atoms with E-state index in [4.69, 9.17) is 10.00 Å². The molecule has 0 aliphatic carbocycles. The zero-order valence-electron chi connectivity index (χ0n) is 12.0. The summed E-state index contributed by atoms with van der Waals surface area (Å²) in [5, 5.41) is 9.02. The van der Waals surface area contributed by atoms with Crippen LogP contribution in [0.15, 0.2) is 25.0 Å². The van der Waals surface area contributed by atoms with Crippen molar-refractivity contribution in [3.05, 3.63) is 30.6 Å². The maximum absolute atomic E-state index is 11.5. The summed E-state index contributed by atoms with van der Waals surface area (Å²) in [6.07, 6.45) is 5.91. The summed E-state index contributed by atoms with van der Waals surface area (Å²) >= 11 is 0. The smallest absolute Gasteiger partial charge is 0.245 e. The van der Waals surface area contributed by atoms with Gasteiger partial charge in [-0.15, -0.1) is 0 Å². The van der Waals surface area contributed by atoms with Crippen LogP contribution >= 0.6 is 0 Å². The lowest BCUT2D eigenvalue weighted by Crippen LogP contribution is -2.41. The minimum Gasteiger partial charge on any atom is -0.473 e. The second-order valence-corrected chi connectivity index (χ2v) is 5.07. The van der Waals surface area contributed by atoms with Gasteiger partial charge in [0, 0.05) is 32.1 Å². The molecule has 0 bridgehead atoms. The van der Waals surface area contributed by atoms with E-state index in [0.717, 1.165) is 12.8 Å².